The number of methoxy groups -OCH3 is 1. The lowest BCUT2D eigenvalue weighted by Gasteiger charge is -2.31. The maximum Gasteiger partial charge on any atom is 0.422 e. The molecule has 0 bridgehead atoms. The first-order valence-electron chi connectivity index (χ1n) is 12.5. The fourth-order valence-electron chi connectivity index (χ4n) is 4.94. The molecule has 1 saturated heterocycles. The molecule has 1 aromatic carbocycles. The number of likely N-dealkylation sites (tertiary alicyclic amines) is 1. The molecule has 13 heteroatoms. The van der Waals surface area contributed by atoms with Gasteiger partial charge in [0.2, 0.25) is 0 Å². The highest BCUT2D eigenvalue weighted by Gasteiger charge is 2.53. The monoisotopic (exact) mass is 560 g/mol. The van der Waals surface area contributed by atoms with Crippen LogP contribution in [0.15, 0.2) is 29.2 Å². The minimum Gasteiger partial charge on any atom is -0.496 e. The molecule has 7 nitrogen and oxygen atoms in total. The number of hydrogen-bond donors (Lipinski definition) is 2. The number of pyridine rings is 1. The number of aromatic nitrogens is 1. The van der Waals surface area contributed by atoms with Crippen LogP contribution in [0.3, 0.4) is 0 Å². The molecule has 0 unspecified atom stereocenters. The number of anilines is 1. The molecule has 4 rings (SSSR count). The van der Waals surface area contributed by atoms with Gasteiger partial charge in [-0.1, -0.05) is 6.07 Å². The van der Waals surface area contributed by atoms with Gasteiger partial charge >= 0.3 is 6.18 Å². The predicted molar refractivity (Wildman–Crippen MR) is 132 cm³/mol. The van der Waals surface area contributed by atoms with Crippen molar-refractivity contribution in [1.82, 2.24) is 14.8 Å². The second-order valence-corrected chi connectivity index (χ2v) is 10.2. The van der Waals surface area contributed by atoms with Gasteiger partial charge in [0, 0.05) is 23.9 Å². The second kappa shape index (κ2) is 10.7. The lowest BCUT2D eigenvalue weighted by Crippen LogP contribution is -2.40. The van der Waals surface area contributed by atoms with Crippen LogP contribution in [0.1, 0.15) is 60.1 Å². The van der Waals surface area contributed by atoms with Crippen LogP contribution < -0.4 is 20.9 Å². The van der Waals surface area contributed by atoms with E-state index in [0.29, 0.717) is 12.8 Å². The van der Waals surface area contributed by atoms with Crippen LogP contribution in [-0.2, 0) is 11.7 Å². The van der Waals surface area contributed by atoms with Crippen molar-refractivity contribution >= 4 is 11.6 Å². The van der Waals surface area contributed by atoms with Crippen LogP contribution >= 0.6 is 0 Å². The molecule has 1 saturated carbocycles. The number of nitrogens with one attached hydrogen (secondary N) is 2. The first-order valence-corrected chi connectivity index (χ1v) is 12.5. The van der Waals surface area contributed by atoms with Gasteiger partial charge in [-0.25, -0.2) is 13.2 Å². The van der Waals surface area contributed by atoms with Crippen molar-refractivity contribution in [2.24, 2.45) is 0 Å². The molecule has 2 fully saturated rings. The van der Waals surface area contributed by atoms with Gasteiger partial charge in [0.25, 0.3) is 17.9 Å². The molecule has 2 aromatic rings. The van der Waals surface area contributed by atoms with Crippen molar-refractivity contribution in [2.75, 3.05) is 32.6 Å². The summed E-state index contributed by atoms with van der Waals surface area (Å²) in [6.45, 7) is 2.82. The molecule has 39 heavy (non-hydrogen) atoms. The minimum atomic E-state index is -5.05. The number of hydrogen-bond acceptors (Lipinski definition) is 5. The molecule has 1 aromatic heterocycles. The number of amides is 1. The quantitative estimate of drug-likeness (QED) is 0.456. The Balaban J connectivity index is 1.69. The molecule has 1 aliphatic carbocycles. The molecule has 2 aliphatic rings. The second-order valence-electron chi connectivity index (χ2n) is 10.2. The van der Waals surface area contributed by atoms with Gasteiger partial charge in [0.15, 0.2) is 0 Å². The van der Waals surface area contributed by atoms with E-state index in [1.54, 1.807) is 0 Å². The highest BCUT2D eigenvalue weighted by atomic mass is 19.4. The van der Waals surface area contributed by atoms with Gasteiger partial charge in [0.1, 0.15) is 22.7 Å². The summed E-state index contributed by atoms with van der Waals surface area (Å²) in [5.41, 5.74) is -4.49. The number of halogens is 6. The zero-order valence-corrected chi connectivity index (χ0v) is 21.7. The van der Waals surface area contributed by atoms with Crippen molar-refractivity contribution in [2.45, 2.75) is 62.8 Å². The molecular weight excluding hydrogens is 530 g/mol. The van der Waals surface area contributed by atoms with Crippen molar-refractivity contribution < 1.29 is 35.9 Å². The SMILES string of the molecule is COc1ccc([C@@H](C)NC(=O)c2cn(C3(C(F)F)CC3)c(=O)cc2NC2CCN(C)CC2)c(F)c1C(F)(F)F. The van der Waals surface area contributed by atoms with E-state index in [9.17, 15) is 31.5 Å². The Morgan fingerprint density at radius 1 is 1.18 bits per heavy atom. The normalized spacial score (nSPS) is 18.6. The van der Waals surface area contributed by atoms with Crippen LogP contribution in [-0.4, -0.2) is 55.1 Å². The number of alkyl halides is 5. The number of benzene rings is 1. The summed E-state index contributed by atoms with van der Waals surface area (Å²) in [5, 5.41) is 5.62. The van der Waals surface area contributed by atoms with E-state index in [4.69, 9.17) is 0 Å². The Morgan fingerprint density at radius 2 is 1.82 bits per heavy atom. The third kappa shape index (κ3) is 5.73. The average Bonchev–Trinajstić information content (AvgIpc) is 3.66. The van der Waals surface area contributed by atoms with Crippen molar-refractivity contribution in [3.05, 3.63) is 57.3 Å². The maximum absolute atomic E-state index is 15.0. The summed E-state index contributed by atoms with van der Waals surface area (Å²) in [4.78, 5) is 28.4. The van der Waals surface area contributed by atoms with E-state index in [1.807, 2.05) is 7.05 Å². The number of carbonyl (C=O) groups excluding carboxylic acids is 1. The van der Waals surface area contributed by atoms with Gasteiger partial charge in [-0.05, 0) is 58.8 Å². The van der Waals surface area contributed by atoms with E-state index in [-0.39, 0.29) is 30.1 Å². The van der Waals surface area contributed by atoms with E-state index < -0.39 is 58.3 Å². The molecule has 1 amide bonds. The Kier molecular flexibility index (Phi) is 7.93. The van der Waals surface area contributed by atoms with Crippen molar-refractivity contribution in [3.63, 3.8) is 0 Å². The van der Waals surface area contributed by atoms with E-state index in [2.05, 4.69) is 20.3 Å². The third-order valence-electron chi connectivity index (χ3n) is 7.48. The first-order chi connectivity index (χ1) is 18.3. The Hall–Kier alpha value is -3.22. The highest BCUT2D eigenvalue weighted by molar-refractivity contribution is 5.99. The summed E-state index contributed by atoms with van der Waals surface area (Å²) in [6.07, 6.45) is -5.31. The molecule has 214 valence electrons. The van der Waals surface area contributed by atoms with Crippen molar-refractivity contribution in [1.29, 1.82) is 0 Å². The molecule has 2 N–H and O–H groups in total. The lowest BCUT2D eigenvalue weighted by atomic mass is 10.0. The number of rotatable bonds is 8. The van der Waals surface area contributed by atoms with E-state index in [0.717, 1.165) is 49.2 Å². The zero-order chi connectivity index (χ0) is 28.7. The van der Waals surface area contributed by atoms with Gasteiger partial charge in [-0.3, -0.25) is 9.59 Å². The average molecular weight is 561 g/mol. The van der Waals surface area contributed by atoms with Crippen LogP contribution in [0.5, 0.6) is 5.75 Å². The summed E-state index contributed by atoms with van der Waals surface area (Å²) < 4.78 is 88.7. The predicted octanol–water partition coefficient (Wildman–Crippen LogP) is 4.77. The topological polar surface area (TPSA) is 75.6 Å². The molecule has 2 heterocycles. The zero-order valence-electron chi connectivity index (χ0n) is 21.7. The maximum atomic E-state index is 15.0. The molecular formula is C26H30F6N4O3. The fourth-order valence-corrected chi connectivity index (χ4v) is 4.94. The first kappa shape index (κ1) is 28.8. The molecule has 1 aliphatic heterocycles. The van der Waals surface area contributed by atoms with Crippen LogP contribution in [0.2, 0.25) is 0 Å². The molecule has 0 radical (unpaired) electrons. The molecule has 1 atom stereocenters. The lowest BCUT2D eigenvalue weighted by molar-refractivity contribution is -0.141. The summed E-state index contributed by atoms with van der Waals surface area (Å²) in [7, 11) is 2.94. The summed E-state index contributed by atoms with van der Waals surface area (Å²) in [6, 6.07) is 1.78. The van der Waals surface area contributed by atoms with Crippen molar-refractivity contribution in [3.8, 4) is 5.75 Å². The van der Waals surface area contributed by atoms with Gasteiger partial charge < -0.3 is 24.8 Å². The summed E-state index contributed by atoms with van der Waals surface area (Å²) in [5.74, 6) is -3.17. The number of nitrogens with zero attached hydrogens (tertiary/aromatic N) is 2. The Morgan fingerprint density at radius 3 is 2.36 bits per heavy atom. The van der Waals surface area contributed by atoms with Gasteiger partial charge in [0.05, 0.1) is 24.4 Å². The van der Waals surface area contributed by atoms with Crippen LogP contribution in [0.4, 0.5) is 32.0 Å². The third-order valence-corrected chi connectivity index (χ3v) is 7.48. The number of carbonyl (C=O) groups is 1. The smallest absolute Gasteiger partial charge is 0.422 e. The summed E-state index contributed by atoms with van der Waals surface area (Å²) >= 11 is 0. The number of piperidine rings is 1. The Bertz CT molecular complexity index is 1280. The number of ether oxygens (including phenoxy) is 1. The van der Waals surface area contributed by atoms with Gasteiger partial charge in [-0.2, -0.15) is 13.2 Å². The largest absolute Gasteiger partial charge is 0.496 e. The highest BCUT2D eigenvalue weighted by Crippen LogP contribution is 2.48. The Labute approximate surface area is 221 Å². The van der Waals surface area contributed by atoms with E-state index in [1.165, 1.54) is 6.92 Å². The van der Waals surface area contributed by atoms with Gasteiger partial charge in [-0.15, -0.1) is 0 Å². The fraction of sp³-hybridized carbons (Fsp3) is 0.538. The molecule has 0 spiro atoms. The minimum absolute atomic E-state index is 0.0566. The standard InChI is InChI=1S/C26H30F6N4O3/c1-14(16-4-5-19(39-3)21(22(16)27)26(30,31)32)33-23(38)17-13-36(25(8-9-25)24(28)29)20(37)12-18(17)34-15-6-10-35(2)11-7-15/h4-5,12-15,24,34H,6-11H2,1-3H3,(H,33,38)/t14-/m1/s1. The van der Waals surface area contributed by atoms with E-state index >= 15 is 4.39 Å². The van der Waals surface area contributed by atoms with Crippen LogP contribution in [0, 0.1) is 5.82 Å². The van der Waals surface area contributed by atoms with Crippen LogP contribution in [0.25, 0.3) is 0 Å².